The number of thioether (sulfide) groups is 1. The van der Waals surface area contributed by atoms with Crippen molar-refractivity contribution in [3.63, 3.8) is 0 Å². The first-order valence-corrected chi connectivity index (χ1v) is 6.20. The number of rotatable bonds is 2. The Hall–Kier alpha value is -1.13. The molecule has 0 spiro atoms. The van der Waals surface area contributed by atoms with Crippen LogP contribution < -0.4 is 0 Å². The number of nitrogens with one attached hydrogen (secondary N) is 1. The molecule has 0 saturated carbocycles. The summed E-state index contributed by atoms with van der Waals surface area (Å²) in [7, 11) is 1.34. The molecule has 0 bridgehead atoms. The smallest absolute Gasteiger partial charge is 0.339 e. The van der Waals surface area contributed by atoms with Crippen LogP contribution in [0, 0.1) is 0 Å². The molecule has 0 amide bonds. The van der Waals surface area contributed by atoms with Crippen LogP contribution in [-0.2, 0) is 4.74 Å². The number of aromatic nitrogens is 1. The van der Waals surface area contributed by atoms with Gasteiger partial charge in [-0.25, -0.2) is 4.79 Å². The third-order valence-electron chi connectivity index (χ3n) is 2.36. The SMILES string of the molecule is C.COC(=O)c1cc2c(SC)c[nH]c2cc1Cl. The van der Waals surface area contributed by atoms with E-state index >= 15 is 0 Å². The Kier molecular flexibility index (Phi) is 4.48. The number of aromatic amines is 1. The lowest BCUT2D eigenvalue weighted by Gasteiger charge is -2.03. The molecule has 0 unspecified atom stereocenters. The van der Waals surface area contributed by atoms with Gasteiger partial charge in [-0.05, 0) is 18.4 Å². The van der Waals surface area contributed by atoms with Gasteiger partial charge in [-0.1, -0.05) is 19.0 Å². The van der Waals surface area contributed by atoms with Crippen molar-refractivity contribution in [3.05, 3.63) is 28.9 Å². The second-order valence-electron chi connectivity index (χ2n) is 3.23. The number of hydrogen-bond donors (Lipinski definition) is 1. The monoisotopic (exact) mass is 271 g/mol. The molecular formula is C12H14ClNO2S. The van der Waals surface area contributed by atoms with Crippen molar-refractivity contribution in [2.45, 2.75) is 12.3 Å². The van der Waals surface area contributed by atoms with Crippen LogP contribution in [0.5, 0.6) is 0 Å². The van der Waals surface area contributed by atoms with E-state index in [0.29, 0.717) is 10.6 Å². The predicted octanol–water partition coefficient (Wildman–Crippen LogP) is 3.97. The van der Waals surface area contributed by atoms with Crippen LogP contribution in [-0.4, -0.2) is 24.3 Å². The van der Waals surface area contributed by atoms with E-state index in [1.165, 1.54) is 7.11 Å². The molecule has 5 heteroatoms. The normalized spacial score (nSPS) is 10.1. The summed E-state index contributed by atoms with van der Waals surface area (Å²) in [5.41, 5.74) is 1.31. The molecule has 1 N–H and O–H groups in total. The van der Waals surface area contributed by atoms with Gasteiger partial charge in [0.2, 0.25) is 0 Å². The molecule has 0 atom stereocenters. The predicted molar refractivity (Wildman–Crippen MR) is 73.2 cm³/mol. The molecule has 92 valence electrons. The maximum atomic E-state index is 11.5. The molecule has 1 aromatic carbocycles. The van der Waals surface area contributed by atoms with Crippen molar-refractivity contribution in [2.75, 3.05) is 13.4 Å². The minimum Gasteiger partial charge on any atom is -0.465 e. The van der Waals surface area contributed by atoms with E-state index in [4.69, 9.17) is 11.6 Å². The van der Waals surface area contributed by atoms with Crippen molar-refractivity contribution in [1.29, 1.82) is 0 Å². The van der Waals surface area contributed by atoms with Crippen LogP contribution in [0.15, 0.2) is 23.2 Å². The van der Waals surface area contributed by atoms with Crippen molar-refractivity contribution < 1.29 is 9.53 Å². The van der Waals surface area contributed by atoms with Gasteiger partial charge >= 0.3 is 5.97 Å². The minimum atomic E-state index is -0.417. The summed E-state index contributed by atoms with van der Waals surface area (Å²) in [5, 5.41) is 1.38. The quantitative estimate of drug-likeness (QED) is 0.664. The average molecular weight is 272 g/mol. The summed E-state index contributed by atoms with van der Waals surface area (Å²) in [5.74, 6) is -0.417. The fraction of sp³-hybridized carbons (Fsp3) is 0.250. The zero-order valence-corrected chi connectivity index (χ0v) is 10.4. The van der Waals surface area contributed by atoms with Gasteiger partial charge in [0.05, 0.1) is 17.7 Å². The highest BCUT2D eigenvalue weighted by molar-refractivity contribution is 7.98. The van der Waals surface area contributed by atoms with Gasteiger partial charge in [0, 0.05) is 22.0 Å². The number of esters is 1. The number of ether oxygens (including phenoxy) is 1. The third-order valence-corrected chi connectivity index (χ3v) is 3.45. The van der Waals surface area contributed by atoms with Crippen LogP contribution in [0.4, 0.5) is 0 Å². The molecule has 2 rings (SSSR count). The summed E-state index contributed by atoms with van der Waals surface area (Å²) in [6.45, 7) is 0. The summed E-state index contributed by atoms with van der Waals surface area (Å²) in [6, 6.07) is 3.49. The highest BCUT2D eigenvalue weighted by Gasteiger charge is 2.14. The third kappa shape index (κ3) is 2.42. The molecule has 1 heterocycles. The molecule has 0 radical (unpaired) electrons. The van der Waals surface area contributed by atoms with Crippen molar-refractivity contribution in [2.24, 2.45) is 0 Å². The molecule has 0 aliphatic carbocycles. The summed E-state index contributed by atoms with van der Waals surface area (Å²) in [6.07, 6.45) is 3.88. The van der Waals surface area contributed by atoms with Crippen molar-refractivity contribution in [3.8, 4) is 0 Å². The molecular weight excluding hydrogens is 258 g/mol. The number of benzene rings is 1. The molecule has 0 fully saturated rings. The number of halogens is 1. The highest BCUT2D eigenvalue weighted by atomic mass is 35.5. The van der Waals surface area contributed by atoms with Gasteiger partial charge in [0.25, 0.3) is 0 Å². The lowest BCUT2D eigenvalue weighted by molar-refractivity contribution is 0.0601. The first kappa shape index (κ1) is 13.9. The van der Waals surface area contributed by atoms with Crippen LogP contribution >= 0.6 is 23.4 Å². The van der Waals surface area contributed by atoms with E-state index < -0.39 is 5.97 Å². The Bertz CT molecular complexity index is 551. The molecule has 0 saturated heterocycles. The number of carbonyl (C=O) groups excluding carboxylic acids is 1. The van der Waals surface area contributed by atoms with Crippen LogP contribution in [0.3, 0.4) is 0 Å². The Morgan fingerprint density at radius 2 is 2.18 bits per heavy atom. The molecule has 17 heavy (non-hydrogen) atoms. The maximum absolute atomic E-state index is 11.5. The van der Waals surface area contributed by atoms with Gasteiger partial charge in [0.15, 0.2) is 0 Å². The number of methoxy groups -OCH3 is 1. The zero-order chi connectivity index (χ0) is 11.7. The largest absolute Gasteiger partial charge is 0.465 e. The minimum absolute atomic E-state index is 0. The Labute approximate surface area is 109 Å². The molecule has 0 aliphatic heterocycles. The molecule has 1 aromatic heterocycles. The summed E-state index contributed by atoms with van der Waals surface area (Å²) in [4.78, 5) is 15.7. The maximum Gasteiger partial charge on any atom is 0.339 e. The van der Waals surface area contributed by atoms with E-state index in [9.17, 15) is 4.79 Å². The van der Waals surface area contributed by atoms with E-state index in [0.717, 1.165) is 15.8 Å². The second-order valence-corrected chi connectivity index (χ2v) is 4.48. The van der Waals surface area contributed by atoms with E-state index in [1.807, 2.05) is 12.5 Å². The topological polar surface area (TPSA) is 42.1 Å². The molecule has 0 aliphatic rings. The molecule has 2 aromatic rings. The van der Waals surface area contributed by atoms with Gasteiger partial charge in [0.1, 0.15) is 0 Å². The van der Waals surface area contributed by atoms with Gasteiger partial charge in [-0.15, -0.1) is 11.8 Å². The van der Waals surface area contributed by atoms with E-state index in [-0.39, 0.29) is 7.43 Å². The van der Waals surface area contributed by atoms with Crippen molar-refractivity contribution in [1.82, 2.24) is 4.98 Å². The lowest BCUT2D eigenvalue weighted by atomic mass is 10.1. The zero-order valence-electron chi connectivity index (χ0n) is 8.83. The standard InChI is InChI=1S/C11H10ClNO2S.CH4/c1-15-11(14)6-3-7-9(4-8(6)12)13-5-10(7)16-2;/h3-5,13H,1-2H3;1H4. The first-order valence-electron chi connectivity index (χ1n) is 4.60. The van der Waals surface area contributed by atoms with Crippen LogP contribution in [0.1, 0.15) is 17.8 Å². The highest BCUT2D eigenvalue weighted by Crippen LogP contribution is 2.30. The van der Waals surface area contributed by atoms with Crippen LogP contribution in [0.25, 0.3) is 10.9 Å². The van der Waals surface area contributed by atoms with Crippen LogP contribution in [0.2, 0.25) is 5.02 Å². The Morgan fingerprint density at radius 3 is 2.76 bits per heavy atom. The first-order chi connectivity index (χ1) is 7.67. The molecule has 3 nitrogen and oxygen atoms in total. The summed E-state index contributed by atoms with van der Waals surface area (Å²) < 4.78 is 4.68. The number of carbonyl (C=O) groups is 1. The lowest BCUT2D eigenvalue weighted by Crippen LogP contribution is -2.01. The van der Waals surface area contributed by atoms with Crippen molar-refractivity contribution >= 4 is 40.2 Å². The Balaban J connectivity index is 0.00000144. The number of H-pyrrole nitrogens is 1. The number of fused-ring (bicyclic) bond motifs is 1. The van der Waals surface area contributed by atoms with E-state index in [2.05, 4.69) is 9.72 Å². The van der Waals surface area contributed by atoms with E-state index in [1.54, 1.807) is 23.9 Å². The second kappa shape index (κ2) is 5.47. The fourth-order valence-corrected chi connectivity index (χ4v) is 2.36. The average Bonchev–Trinajstić information content (AvgIpc) is 2.68. The fourth-order valence-electron chi connectivity index (χ4n) is 1.55. The summed E-state index contributed by atoms with van der Waals surface area (Å²) >= 11 is 7.61. The number of hydrogen-bond acceptors (Lipinski definition) is 3. The van der Waals surface area contributed by atoms with Gasteiger partial charge in [-0.3, -0.25) is 0 Å². The Morgan fingerprint density at radius 1 is 1.47 bits per heavy atom. The van der Waals surface area contributed by atoms with Gasteiger partial charge in [-0.2, -0.15) is 0 Å². The van der Waals surface area contributed by atoms with Gasteiger partial charge < -0.3 is 9.72 Å².